The Labute approximate surface area is 86.8 Å². The summed E-state index contributed by atoms with van der Waals surface area (Å²) in [6.45, 7) is 6.37. The maximum Gasteiger partial charge on any atom is 0.311 e. The number of alkyl halides is 1. The van der Waals surface area contributed by atoms with Gasteiger partial charge in [-0.25, -0.2) is 0 Å². The molecule has 3 saturated carbocycles. The number of fused-ring (bicyclic) bond motifs is 1. The van der Waals surface area contributed by atoms with Crippen molar-refractivity contribution >= 4 is 21.9 Å². The number of carboxylic acids is 1. The van der Waals surface area contributed by atoms with Gasteiger partial charge in [-0.3, -0.25) is 4.79 Å². The van der Waals surface area contributed by atoms with Crippen LogP contribution in [0.5, 0.6) is 0 Å². The first-order chi connectivity index (χ1) is 5.81. The van der Waals surface area contributed by atoms with Crippen molar-refractivity contribution in [2.75, 3.05) is 0 Å². The summed E-state index contributed by atoms with van der Waals surface area (Å²) in [7, 11) is 0. The van der Waals surface area contributed by atoms with Crippen molar-refractivity contribution < 1.29 is 9.90 Å². The zero-order valence-corrected chi connectivity index (χ0v) is 9.81. The van der Waals surface area contributed by atoms with E-state index in [4.69, 9.17) is 0 Å². The molecule has 0 aromatic heterocycles. The van der Waals surface area contributed by atoms with Crippen LogP contribution in [-0.4, -0.2) is 15.9 Å². The molecule has 2 nitrogen and oxygen atoms in total. The van der Waals surface area contributed by atoms with Crippen molar-refractivity contribution in [3.8, 4) is 0 Å². The maximum absolute atomic E-state index is 11.3. The smallest absolute Gasteiger partial charge is 0.311 e. The Bertz CT molecular complexity index is 287. The Morgan fingerprint density at radius 1 is 1.38 bits per heavy atom. The minimum absolute atomic E-state index is 0.0694. The summed E-state index contributed by atoms with van der Waals surface area (Å²) >= 11 is 3.56. The van der Waals surface area contributed by atoms with Crippen LogP contribution in [0, 0.1) is 16.2 Å². The van der Waals surface area contributed by atoms with Crippen molar-refractivity contribution in [2.45, 2.75) is 38.4 Å². The zero-order valence-electron chi connectivity index (χ0n) is 8.22. The van der Waals surface area contributed by atoms with E-state index in [9.17, 15) is 9.90 Å². The van der Waals surface area contributed by atoms with Crippen LogP contribution < -0.4 is 0 Å². The van der Waals surface area contributed by atoms with Gasteiger partial charge in [0.05, 0.1) is 5.41 Å². The number of halogens is 1. The monoisotopic (exact) mass is 246 g/mol. The number of aliphatic carboxylic acids is 1. The lowest BCUT2D eigenvalue weighted by Gasteiger charge is -2.63. The topological polar surface area (TPSA) is 37.3 Å². The van der Waals surface area contributed by atoms with Crippen LogP contribution in [0.3, 0.4) is 0 Å². The highest BCUT2D eigenvalue weighted by atomic mass is 79.9. The van der Waals surface area contributed by atoms with Crippen LogP contribution in [0.15, 0.2) is 0 Å². The van der Waals surface area contributed by atoms with E-state index in [1.165, 1.54) is 0 Å². The van der Waals surface area contributed by atoms with E-state index in [2.05, 4.69) is 36.7 Å². The SMILES string of the molecule is CC12CCC(C(=O)O)([C@H]1Br)C2(C)C. The fraction of sp³-hybridized carbons (Fsp3) is 0.900. The molecule has 74 valence electrons. The van der Waals surface area contributed by atoms with Gasteiger partial charge in [-0.15, -0.1) is 0 Å². The predicted octanol–water partition coefficient (Wildman–Crippen LogP) is 2.66. The summed E-state index contributed by atoms with van der Waals surface area (Å²) in [4.78, 5) is 11.5. The molecule has 2 unspecified atom stereocenters. The summed E-state index contributed by atoms with van der Waals surface area (Å²) in [6.07, 6.45) is 1.85. The Morgan fingerprint density at radius 3 is 2.08 bits per heavy atom. The summed E-state index contributed by atoms with van der Waals surface area (Å²) < 4.78 is 0. The number of carboxylic acid groups (broad SMARTS) is 1. The Hall–Kier alpha value is -0.0500. The first-order valence-corrected chi connectivity index (χ1v) is 5.60. The van der Waals surface area contributed by atoms with Gasteiger partial charge in [0.1, 0.15) is 0 Å². The van der Waals surface area contributed by atoms with Crippen molar-refractivity contribution in [1.29, 1.82) is 0 Å². The van der Waals surface area contributed by atoms with Gasteiger partial charge in [0.15, 0.2) is 0 Å². The average Bonchev–Trinajstić information content (AvgIpc) is 2.39. The molecular weight excluding hydrogens is 232 g/mol. The third-order valence-electron chi connectivity index (χ3n) is 4.96. The minimum atomic E-state index is -0.630. The molecule has 0 heterocycles. The Balaban J connectivity index is 2.50. The molecule has 3 atom stereocenters. The highest BCUT2D eigenvalue weighted by Gasteiger charge is 2.80. The van der Waals surface area contributed by atoms with Gasteiger partial charge < -0.3 is 5.11 Å². The van der Waals surface area contributed by atoms with Gasteiger partial charge >= 0.3 is 5.97 Å². The van der Waals surface area contributed by atoms with E-state index in [0.717, 1.165) is 12.8 Å². The normalized spacial score (nSPS) is 51.5. The first kappa shape index (κ1) is 9.50. The lowest BCUT2D eigenvalue weighted by Crippen LogP contribution is -2.67. The van der Waals surface area contributed by atoms with Gasteiger partial charge in [-0.2, -0.15) is 0 Å². The molecule has 2 bridgehead atoms. The summed E-state index contributed by atoms with van der Waals surface area (Å²) in [6, 6.07) is 0. The third kappa shape index (κ3) is 0.641. The standard InChI is InChI=1S/C10H15BrO2/c1-8(2)9(3)4-5-10(8,6(9)11)7(12)13/h6H,4-5H2,1-3H3,(H,12,13)/t6-,9?,10?/m0/s1. The molecule has 0 amide bonds. The lowest BCUT2D eigenvalue weighted by molar-refractivity contribution is -0.179. The quantitative estimate of drug-likeness (QED) is 0.723. The second kappa shape index (κ2) is 2.13. The molecule has 0 aromatic rings. The number of hydrogen-bond donors (Lipinski definition) is 1. The first-order valence-electron chi connectivity index (χ1n) is 4.68. The van der Waals surface area contributed by atoms with Gasteiger partial charge in [0.25, 0.3) is 0 Å². The molecule has 3 rings (SSSR count). The van der Waals surface area contributed by atoms with Gasteiger partial charge in [-0.05, 0) is 23.7 Å². The predicted molar refractivity (Wildman–Crippen MR) is 53.9 cm³/mol. The van der Waals surface area contributed by atoms with Crippen LogP contribution in [0.2, 0.25) is 0 Å². The fourth-order valence-corrected chi connectivity index (χ4v) is 5.23. The molecule has 0 spiro atoms. The molecular formula is C10H15BrO2. The zero-order chi connectivity index (χ0) is 10.1. The lowest BCUT2D eigenvalue weighted by atomic mass is 9.44. The molecule has 0 saturated heterocycles. The number of rotatable bonds is 1. The molecule has 3 aliphatic rings. The van der Waals surface area contributed by atoms with Crippen molar-refractivity contribution in [2.24, 2.45) is 16.2 Å². The molecule has 0 aromatic carbocycles. The number of hydrogen-bond acceptors (Lipinski definition) is 1. The Morgan fingerprint density at radius 2 is 1.92 bits per heavy atom. The Kier molecular flexibility index (Phi) is 1.56. The van der Waals surface area contributed by atoms with Crippen molar-refractivity contribution in [3.63, 3.8) is 0 Å². The van der Waals surface area contributed by atoms with Crippen LogP contribution in [0.1, 0.15) is 33.6 Å². The highest BCUT2D eigenvalue weighted by molar-refractivity contribution is 9.09. The second-order valence-corrected chi connectivity index (χ2v) is 6.10. The molecule has 0 aliphatic heterocycles. The molecule has 3 aliphatic carbocycles. The van der Waals surface area contributed by atoms with Crippen LogP contribution in [-0.2, 0) is 4.79 Å². The number of carbonyl (C=O) groups is 1. The third-order valence-corrected chi connectivity index (χ3v) is 6.75. The van der Waals surface area contributed by atoms with E-state index in [1.807, 2.05) is 0 Å². The van der Waals surface area contributed by atoms with Crippen molar-refractivity contribution in [1.82, 2.24) is 0 Å². The molecule has 3 heteroatoms. The molecule has 13 heavy (non-hydrogen) atoms. The van der Waals surface area contributed by atoms with E-state index < -0.39 is 11.4 Å². The van der Waals surface area contributed by atoms with Crippen molar-refractivity contribution in [3.05, 3.63) is 0 Å². The molecule has 0 radical (unpaired) electrons. The maximum atomic E-state index is 11.3. The van der Waals surface area contributed by atoms with E-state index >= 15 is 0 Å². The summed E-state index contributed by atoms with van der Waals surface area (Å²) in [5, 5.41) is 9.30. The minimum Gasteiger partial charge on any atom is -0.481 e. The van der Waals surface area contributed by atoms with Gasteiger partial charge in [0.2, 0.25) is 0 Å². The summed E-state index contributed by atoms with van der Waals surface area (Å²) in [5.41, 5.74) is -0.410. The average molecular weight is 247 g/mol. The van der Waals surface area contributed by atoms with Crippen LogP contribution >= 0.6 is 15.9 Å². The van der Waals surface area contributed by atoms with E-state index in [1.54, 1.807) is 0 Å². The van der Waals surface area contributed by atoms with Crippen LogP contribution in [0.4, 0.5) is 0 Å². The van der Waals surface area contributed by atoms with E-state index in [-0.39, 0.29) is 15.7 Å². The van der Waals surface area contributed by atoms with Gasteiger partial charge in [-0.1, -0.05) is 36.7 Å². The van der Waals surface area contributed by atoms with Crippen LogP contribution in [0.25, 0.3) is 0 Å². The largest absolute Gasteiger partial charge is 0.481 e. The molecule has 3 fully saturated rings. The van der Waals surface area contributed by atoms with E-state index in [0.29, 0.717) is 0 Å². The highest BCUT2D eigenvalue weighted by Crippen LogP contribution is 2.79. The summed E-state index contributed by atoms with van der Waals surface area (Å²) in [5.74, 6) is -0.630. The molecule has 1 N–H and O–H groups in total. The van der Waals surface area contributed by atoms with Gasteiger partial charge in [0, 0.05) is 4.83 Å². The second-order valence-electron chi connectivity index (χ2n) is 5.18. The fourth-order valence-electron chi connectivity index (χ4n) is 3.43.